The highest BCUT2D eigenvalue weighted by atomic mass is 16.3. The number of rotatable bonds is 7. The van der Waals surface area contributed by atoms with Crippen molar-refractivity contribution in [2.75, 3.05) is 6.54 Å². The van der Waals surface area contributed by atoms with Crippen molar-refractivity contribution >= 4 is 5.91 Å². The maximum atomic E-state index is 12.9. The molecule has 0 aromatic heterocycles. The van der Waals surface area contributed by atoms with Crippen LogP contribution in [-0.4, -0.2) is 40.9 Å². The second-order valence-corrected chi connectivity index (χ2v) is 8.04. The summed E-state index contributed by atoms with van der Waals surface area (Å²) < 4.78 is 0. The van der Waals surface area contributed by atoms with Crippen LogP contribution in [0.3, 0.4) is 0 Å². The van der Waals surface area contributed by atoms with Crippen molar-refractivity contribution in [2.24, 2.45) is 5.92 Å². The Balaban J connectivity index is 1.98. The molecule has 1 fully saturated rings. The van der Waals surface area contributed by atoms with Crippen molar-refractivity contribution in [2.45, 2.75) is 50.5 Å². The smallest absolute Gasteiger partial charge is 0.237 e. The Bertz CT molecular complexity index is 724. The van der Waals surface area contributed by atoms with E-state index in [1.54, 1.807) is 0 Å². The third kappa shape index (κ3) is 4.43. The normalized spacial score (nSPS) is 20.9. The minimum Gasteiger partial charge on any atom is -0.392 e. The van der Waals surface area contributed by atoms with E-state index in [0.717, 1.165) is 11.1 Å². The molecule has 0 aliphatic carbocycles. The van der Waals surface area contributed by atoms with Gasteiger partial charge in [0.1, 0.15) is 5.60 Å². The largest absolute Gasteiger partial charge is 0.392 e. The summed E-state index contributed by atoms with van der Waals surface area (Å²) in [5.41, 5.74) is 0.123. The number of carbonyl (C=O) groups excluding carboxylic acids is 1. The number of carbonyl (C=O) groups is 1. The Labute approximate surface area is 166 Å². The van der Waals surface area contributed by atoms with Crippen LogP contribution in [0.2, 0.25) is 0 Å². The summed E-state index contributed by atoms with van der Waals surface area (Å²) in [4.78, 5) is 12.9. The molecule has 2 aromatic carbocycles. The monoisotopic (exact) mass is 382 g/mol. The quantitative estimate of drug-likeness (QED) is 0.592. The van der Waals surface area contributed by atoms with Crippen LogP contribution < -0.4 is 10.6 Å². The second kappa shape index (κ2) is 8.86. The van der Waals surface area contributed by atoms with Gasteiger partial charge < -0.3 is 20.8 Å². The molecule has 1 aliphatic heterocycles. The van der Waals surface area contributed by atoms with Crippen molar-refractivity contribution in [3.63, 3.8) is 0 Å². The molecule has 150 valence electrons. The first-order chi connectivity index (χ1) is 13.4. The van der Waals surface area contributed by atoms with Gasteiger partial charge in [-0.3, -0.25) is 4.79 Å². The number of aliphatic hydroxyl groups is 2. The van der Waals surface area contributed by atoms with Crippen molar-refractivity contribution in [3.8, 4) is 0 Å². The van der Waals surface area contributed by atoms with Crippen LogP contribution in [0.1, 0.15) is 37.8 Å². The number of benzene rings is 2. The lowest BCUT2D eigenvalue weighted by Crippen LogP contribution is -2.55. The van der Waals surface area contributed by atoms with E-state index in [1.165, 1.54) is 0 Å². The molecule has 1 aliphatic rings. The average molecular weight is 383 g/mol. The molecule has 0 saturated carbocycles. The van der Waals surface area contributed by atoms with Gasteiger partial charge in [0, 0.05) is 6.54 Å². The SMILES string of the molecule is CC(C)C[C@H](NC(=O)[C@@H]1C[C@@H](O)CN1)C(O)(c1ccccc1)c1ccccc1. The van der Waals surface area contributed by atoms with Crippen LogP contribution >= 0.6 is 0 Å². The third-order valence-corrected chi connectivity index (χ3v) is 5.38. The van der Waals surface area contributed by atoms with E-state index in [1.807, 2.05) is 60.7 Å². The summed E-state index contributed by atoms with van der Waals surface area (Å²) in [6, 6.07) is 18.0. The third-order valence-electron chi connectivity index (χ3n) is 5.38. The molecule has 5 heteroatoms. The van der Waals surface area contributed by atoms with Gasteiger partial charge in [-0.15, -0.1) is 0 Å². The van der Waals surface area contributed by atoms with E-state index < -0.39 is 23.8 Å². The highest BCUT2D eigenvalue weighted by Crippen LogP contribution is 2.35. The lowest BCUT2D eigenvalue weighted by atomic mass is 9.77. The summed E-state index contributed by atoms with van der Waals surface area (Å²) in [6.45, 7) is 4.56. The van der Waals surface area contributed by atoms with Gasteiger partial charge in [-0.25, -0.2) is 0 Å². The van der Waals surface area contributed by atoms with Crippen LogP contribution in [0.5, 0.6) is 0 Å². The fraction of sp³-hybridized carbons (Fsp3) is 0.435. The summed E-state index contributed by atoms with van der Waals surface area (Å²) >= 11 is 0. The minimum absolute atomic E-state index is 0.188. The molecule has 0 spiro atoms. The van der Waals surface area contributed by atoms with E-state index in [-0.39, 0.29) is 11.8 Å². The van der Waals surface area contributed by atoms with Gasteiger partial charge in [-0.1, -0.05) is 74.5 Å². The number of nitrogens with one attached hydrogen (secondary N) is 2. The van der Waals surface area contributed by atoms with Gasteiger partial charge >= 0.3 is 0 Å². The number of hydrogen-bond acceptors (Lipinski definition) is 4. The van der Waals surface area contributed by atoms with E-state index in [4.69, 9.17) is 0 Å². The Morgan fingerprint density at radius 3 is 2.07 bits per heavy atom. The van der Waals surface area contributed by atoms with Gasteiger partial charge in [0.05, 0.1) is 18.2 Å². The molecular formula is C23H30N2O3. The molecule has 1 saturated heterocycles. The molecule has 1 amide bonds. The van der Waals surface area contributed by atoms with Gasteiger partial charge in [-0.2, -0.15) is 0 Å². The van der Waals surface area contributed by atoms with Gasteiger partial charge in [0.25, 0.3) is 0 Å². The number of β-amino-alcohol motifs (C(OH)–C–C–N with tert-alkyl or cyclic N) is 1. The van der Waals surface area contributed by atoms with Crippen LogP contribution in [-0.2, 0) is 10.4 Å². The first-order valence-electron chi connectivity index (χ1n) is 9.96. The van der Waals surface area contributed by atoms with Crippen LogP contribution in [0.4, 0.5) is 0 Å². The van der Waals surface area contributed by atoms with Crippen LogP contribution in [0.25, 0.3) is 0 Å². The predicted molar refractivity (Wildman–Crippen MR) is 110 cm³/mol. The van der Waals surface area contributed by atoms with Crippen molar-refractivity contribution < 1.29 is 15.0 Å². The van der Waals surface area contributed by atoms with Gasteiger partial charge in [0.2, 0.25) is 5.91 Å². The zero-order chi connectivity index (χ0) is 20.1. The fourth-order valence-electron chi connectivity index (χ4n) is 3.95. The van der Waals surface area contributed by atoms with E-state index in [2.05, 4.69) is 24.5 Å². The van der Waals surface area contributed by atoms with Crippen molar-refractivity contribution in [1.82, 2.24) is 10.6 Å². The standard InChI is InChI=1S/C23H30N2O3/c1-16(2)13-21(25-22(27)20-14-19(26)15-24-20)23(28,17-9-5-3-6-10-17)18-11-7-4-8-12-18/h3-12,16,19-21,24,26,28H,13-15H2,1-2H3,(H,25,27)/t19-,20+,21+/m1/s1. The molecule has 2 aromatic rings. The lowest BCUT2D eigenvalue weighted by molar-refractivity contribution is -0.125. The van der Waals surface area contributed by atoms with E-state index >= 15 is 0 Å². The fourth-order valence-corrected chi connectivity index (χ4v) is 3.95. The molecule has 0 radical (unpaired) electrons. The molecule has 4 N–H and O–H groups in total. The Morgan fingerprint density at radius 2 is 1.64 bits per heavy atom. The maximum absolute atomic E-state index is 12.9. The number of aliphatic hydroxyl groups excluding tert-OH is 1. The van der Waals surface area contributed by atoms with Crippen molar-refractivity contribution in [3.05, 3.63) is 71.8 Å². The molecule has 0 bridgehead atoms. The molecule has 3 atom stereocenters. The highest BCUT2D eigenvalue weighted by molar-refractivity contribution is 5.82. The first kappa shape index (κ1) is 20.5. The summed E-state index contributed by atoms with van der Waals surface area (Å²) in [5, 5.41) is 27.9. The second-order valence-electron chi connectivity index (χ2n) is 8.04. The first-order valence-corrected chi connectivity index (χ1v) is 9.96. The average Bonchev–Trinajstić information content (AvgIpc) is 3.14. The Hall–Kier alpha value is -2.21. The minimum atomic E-state index is -1.36. The Morgan fingerprint density at radius 1 is 1.11 bits per heavy atom. The molecule has 28 heavy (non-hydrogen) atoms. The molecule has 1 heterocycles. The summed E-state index contributed by atoms with van der Waals surface area (Å²) in [5.74, 6) is 0.0823. The summed E-state index contributed by atoms with van der Waals surface area (Å²) in [7, 11) is 0. The highest BCUT2D eigenvalue weighted by Gasteiger charge is 2.42. The summed E-state index contributed by atoms with van der Waals surface area (Å²) in [6.07, 6.45) is 0.484. The molecule has 5 nitrogen and oxygen atoms in total. The van der Waals surface area contributed by atoms with Crippen molar-refractivity contribution in [1.29, 1.82) is 0 Å². The van der Waals surface area contributed by atoms with Gasteiger partial charge in [0.15, 0.2) is 0 Å². The van der Waals surface area contributed by atoms with Crippen LogP contribution in [0.15, 0.2) is 60.7 Å². The zero-order valence-electron chi connectivity index (χ0n) is 16.5. The topological polar surface area (TPSA) is 81.6 Å². The van der Waals surface area contributed by atoms with E-state index in [9.17, 15) is 15.0 Å². The maximum Gasteiger partial charge on any atom is 0.237 e. The van der Waals surface area contributed by atoms with Gasteiger partial charge in [-0.05, 0) is 29.9 Å². The molecule has 3 rings (SSSR count). The zero-order valence-corrected chi connectivity index (χ0v) is 16.5. The number of hydrogen-bond donors (Lipinski definition) is 4. The van der Waals surface area contributed by atoms with E-state index in [0.29, 0.717) is 19.4 Å². The number of amides is 1. The lowest BCUT2D eigenvalue weighted by Gasteiger charge is -2.39. The predicted octanol–water partition coefficient (Wildman–Crippen LogP) is 2.18. The molecule has 0 unspecified atom stereocenters. The Kier molecular flexibility index (Phi) is 6.50. The van der Waals surface area contributed by atoms with Crippen LogP contribution in [0, 0.1) is 5.92 Å². The molecular weight excluding hydrogens is 352 g/mol.